The smallest absolute Gasteiger partial charge is 0.243 e. The minimum absolute atomic E-state index is 0.0876. The molecule has 0 aromatic heterocycles. The fourth-order valence-electron chi connectivity index (χ4n) is 2.67. The van der Waals surface area contributed by atoms with E-state index >= 15 is 0 Å². The summed E-state index contributed by atoms with van der Waals surface area (Å²) >= 11 is 0. The SMILES string of the molecule is COc1ccc(S(=O)(=O)N2CCCCCC2)c(CCO)c1. The Hall–Kier alpha value is -1.11. The molecule has 0 bridgehead atoms. The highest BCUT2D eigenvalue weighted by atomic mass is 32.2. The number of aliphatic hydroxyl groups excluding tert-OH is 1. The highest BCUT2D eigenvalue weighted by Gasteiger charge is 2.27. The van der Waals surface area contributed by atoms with E-state index in [4.69, 9.17) is 4.74 Å². The number of hydrogen-bond acceptors (Lipinski definition) is 4. The first-order valence-electron chi connectivity index (χ1n) is 7.37. The summed E-state index contributed by atoms with van der Waals surface area (Å²) < 4.78 is 32.4. The molecule has 1 aromatic carbocycles. The van der Waals surface area contributed by atoms with Gasteiger partial charge in [0.05, 0.1) is 12.0 Å². The first-order valence-corrected chi connectivity index (χ1v) is 8.81. The Labute approximate surface area is 126 Å². The number of ether oxygens (including phenoxy) is 1. The quantitative estimate of drug-likeness (QED) is 0.900. The lowest BCUT2D eigenvalue weighted by atomic mass is 10.1. The van der Waals surface area contributed by atoms with Crippen LogP contribution in [-0.2, 0) is 16.4 Å². The second-order valence-electron chi connectivity index (χ2n) is 5.27. The molecule has 1 aliphatic heterocycles. The van der Waals surface area contributed by atoms with Crippen molar-refractivity contribution in [1.82, 2.24) is 4.31 Å². The van der Waals surface area contributed by atoms with Gasteiger partial charge < -0.3 is 9.84 Å². The number of methoxy groups -OCH3 is 1. The van der Waals surface area contributed by atoms with Gasteiger partial charge in [0.25, 0.3) is 0 Å². The number of rotatable bonds is 5. The molecular formula is C15H23NO4S. The van der Waals surface area contributed by atoms with E-state index in [1.165, 1.54) is 0 Å². The zero-order valence-electron chi connectivity index (χ0n) is 12.4. The molecule has 1 N–H and O–H groups in total. The molecule has 118 valence electrons. The van der Waals surface area contributed by atoms with Crippen LogP contribution in [0.2, 0.25) is 0 Å². The summed E-state index contributed by atoms with van der Waals surface area (Å²) in [5.41, 5.74) is 0.612. The number of hydrogen-bond donors (Lipinski definition) is 1. The molecule has 1 aromatic rings. The summed E-state index contributed by atoms with van der Waals surface area (Å²) in [5, 5.41) is 9.18. The van der Waals surface area contributed by atoms with E-state index in [0.717, 1.165) is 25.7 Å². The van der Waals surface area contributed by atoms with Gasteiger partial charge >= 0.3 is 0 Å². The third-order valence-corrected chi connectivity index (χ3v) is 5.83. The second kappa shape index (κ2) is 7.24. The maximum absolute atomic E-state index is 12.8. The lowest BCUT2D eigenvalue weighted by Gasteiger charge is -2.22. The van der Waals surface area contributed by atoms with Gasteiger partial charge in [-0.15, -0.1) is 0 Å². The predicted molar refractivity (Wildman–Crippen MR) is 81.0 cm³/mol. The van der Waals surface area contributed by atoms with Gasteiger partial charge in [0.2, 0.25) is 10.0 Å². The molecule has 1 aliphatic rings. The summed E-state index contributed by atoms with van der Waals surface area (Å²) in [6.07, 6.45) is 4.28. The fraction of sp³-hybridized carbons (Fsp3) is 0.600. The molecule has 0 radical (unpaired) electrons. The highest BCUT2D eigenvalue weighted by Crippen LogP contribution is 2.26. The van der Waals surface area contributed by atoms with Gasteiger partial charge in [0.15, 0.2) is 0 Å². The lowest BCUT2D eigenvalue weighted by Crippen LogP contribution is -2.32. The standard InChI is InChI=1S/C15H23NO4S/c1-20-14-6-7-15(13(12-14)8-11-17)21(18,19)16-9-4-2-3-5-10-16/h6-7,12,17H,2-5,8-11H2,1H3. The van der Waals surface area contributed by atoms with Crippen molar-refractivity contribution in [2.75, 3.05) is 26.8 Å². The number of benzene rings is 1. The van der Waals surface area contributed by atoms with Gasteiger partial charge in [-0.1, -0.05) is 12.8 Å². The van der Waals surface area contributed by atoms with Crippen molar-refractivity contribution in [3.8, 4) is 5.75 Å². The van der Waals surface area contributed by atoms with Gasteiger partial charge in [-0.25, -0.2) is 8.42 Å². The highest BCUT2D eigenvalue weighted by molar-refractivity contribution is 7.89. The van der Waals surface area contributed by atoms with E-state index in [2.05, 4.69) is 0 Å². The maximum atomic E-state index is 12.8. The minimum atomic E-state index is -3.50. The van der Waals surface area contributed by atoms with E-state index in [-0.39, 0.29) is 6.61 Å². The molecule has 1 fully saturated rings. The van der Waals surface area contributed by atoms with Crippen LogP contribution in [0.3, 0.4) is 0 Å². The Kier molecular flexibility index (Phi) is 5.61. The molecule has 1 saturated heterocycles. The molecule has 0 amide bonds. The van der Waals surface area contributed by atoms with Gasteiger partial charge in [0, 0.05) is 19.7 Å². The van der Waals surface area contributed by atoms with Crippen molar-refractivity contribution < 1.29 is 18.3 Å². The predicted octanol–water partition coefficient (Wildman–Crippen LogP) is 1.79. The molecular weight excluding hydrogens is 290 g/mol. The number of nitrogens with zero attached hydrogens (tertiary/aromatic N) is 1. The summed E-state index contributed by atoms with van der Waals surface area (Å²) in [5.74, 6) is 0.605. The third kappa shape index (κ3) is 3.75. The van der Waals surface area contributed by atoms with E-state index < -0.39 is 10.0 Å². The first-order chi connectivity index (χ1) is 10.1. The first kappa shape index (κ1) is 16.3. The summed E-state index contributed by atoms with van der Waals surface area (Å²) in [6.45, 7) is 1.07. The Bertz CT molecular complexity index is 563. The van der Waals surface area contributed by atoms with Crippen LogP contribution in [0.4, 0.5) is 0 Å². The Morgan fingerprint density at radius 3 is 2.43 bits per heavy atom. The van der Waals surface area contributed by atoms with Crippen LogP contribution < -0.4 is 4.74 Å². The van der Waals surface area contributed by atoms with Crippen LogP contribution in [0.5, 0.6) is 5.75 Å². The zero-order valence-corrected chi connectivity index (χ0v) is 13.2. The van der Waals surface area contributed by atoms with Gasteiger partial charge in [-0.2, -0.15) is 4.31 Å². The molecule has 0 spiro atoms. The van der Waals surface area contributed by atoms with Crippen molar-refractivity contribution >= 4 is 10.0 Å². The second-order valence-corrected chi connectivity index (χ2v) is 7.17. The molecule has 0 atom stereocenters. The summed E-state index contributed by atoms with van der Waals surface area (Å²) in [6, 6.07) is 4.94. The van der Waals surface area contributed by atoms with E-state index in [9.17, 15) is 13.5 Å². The number of aliphatic hydroxyl groups is 1. The van der Waals surface area contributed by atoms with Crippen LogP contribution in [0.25, 0.3) is 0 Å². The lowest BCUT2D eigenvalue weighted by molar-refractivity contribution is 0.298. The van der Waals surface area contributed by atoms with Crippen LogP contribution in [0, 0.1) is 0 Å². The third-order valence-electron chi connectivity index (χ3n) is 3.83. The summed E-state index contributed by atoms with van der Waals surface area (Å²) in [4.78, 5) is 0.291. The molecule has 0 unspecified atom stereocenters. The molecule has 21 heavy (non-hydrogen) atoms. The van der Waals surface area contributed by atoms with E-state index in [1.807, 2.05) is 0 Å². The average Bonchev–Trinajstić information content (AvgIpc) is 2.77. The Morgan fingerprint density at radius 1 is 1.19 bits per heavy atom. The Morgan fingerprint density at radius 2 is 1.86 bits per heavy atom. The van der Waals surface area contributed by atoms with Crippen molar-refractivity contribution in [3.05, 3.63) is 23.8 Å². The van der Waals surface area contributed by atoms with Crippen LogP contribution in [0.15, 0.2) is 23.1 Å². The van der Waals surface area contributed by atoms with Crippen LogP contribution in [-0.4, -0.2) is 44.6 Å². The topological polar surface area (TPSA) is 66.8 Å². The van der Waals surface area contributed by atoms with Gasteiger partial charge in [0.1, 0.15) is 5.75 Å². The molecule has 2 rings (SSSR count). The van der Waals surface area contributed by atoms with Gasteiger partial charge in [-0.05, 0) is 43.0 Å². The van der Waals surface area contributed by atoms with Gasteiger partial charge in [-0.3, -0.25) is 0 Å². The number of sulfonamides is 1. The molecule has 6 heteroatoms. The van der Waals surface area contributed by atoms with Crippen molar-refractivity contribution in [1.29, 1.82) is 0 Å². The normalized spacial score (nSPS) is 17.4. The monoisotopic (exact) mass is 313 g/mol. The fourth-order valence-corrected chi connectivity index (χ4v) is 4.42. The summed E-state index contributed by atoms with van der Waals surface area (Å²) in [7, 11) is -1.95. The minimum Gasteiger partial charge on any atom is -0.497 e. The molecule has 0 aliphatic carbocycles. The van der Waals surface area contributed by atoms with Crippen molar-refractivity contribution in [2.24, 2.45) is 0 Å². The maximum Gasteiger partial charge on any atom is 0.243 e. The average molecular weight is 313 g/mol. The molecule has 5 nitrogen and oxygen atoms in total. The zero-order chi connectivity index (χ0) is 15.3. The molecule has 0 saturated carbocycles. The van der Waals surface area contributed by atoms with E-state index in [0.29, 0.717) is 35.7 Å². The van der Waals surface area contributed by atoms with Crippen molar-refractivity contribution in [2.45, 2.75) is 37.0 Å². The Balaban J connectivity index is 2.37. The van der Waals surface area contributed by atoms with E-state index in [1.54, 1.807) is 29.6 Å². The van der Waals surface area contributed by atoms with Crippen LogP contribution >= 0.6 is 0 Å². The molecule has 1 heterocycles. The van der Waals surface area contributed by atoms with Crippen molar-refractivity contribution in [3.63, 3.8) is 0 Å². The van der Waals surface area contributed by atoms with Crippen LogP contribution in [0.1, 0.15) is 31.2 Å². The largest absolute Gasteiger partial charge is 0.497 e.